The second kappa shape index (κ2) is 10.0. The molecule has 2 aromatic rings. The van der Waals surface area contributed by atoms with E-state index >= 15 is 0 Å². The van der Waals surface area contributed by atoms with Gasteiger partial charge in [-0.15, -0.1) is 6.58 Å². The molecule has 2 rings (SSSR count). The zero-order chi connectivity index (χ0) is 19.6. The van der Waals surface area contributed by atoms with Crippen LogP contribution in [0.1, 0.15) is 21.5 Å². The minimum atomic E-state index is -0.618. The molecule has 0 unspecified atom stereocenters. The monoisotopic (exact) mass is 364 g/mol. The molecule has 5 heteroatoms. The van der Waals surface area contributed by atoms with Gasteiger partial charge in [0.05, 0.1) is 11.6 Å². The van der Waals surface area contributed by atoms with Crippen molar-refractivity contribution < 1.29 is 13.9 Å². The lowest BCUT2D eigenvalue weighted by atomic mass is 9.99. The zero-order valence-electron chi connectivity index (χ0n) is 15.2. The van der Waals surface area contributed by atoms with Crippen LogP contribution in [0.5, 0.6) is 5.75 Å². The van der Waals surface area contributed by atoms with Crippen LogP contribution in [0.25, 0.3) is 0 Å². The SMILES string of the molecule is C=CCN(C)C/C=C/COc1ccc(C(=O)c2ccccc2C#N)cc1F. The zero-order valence-corrected chi connectivity index (χ0v) is 15.2. The third kappa shape index (κ3) is 5.63. The largest absolute Gasteiger partial charge is 0.486 e. The number of rotatable bonds is 9. The Balaban J connectivity index is 2.01. The van der Waals surface area contributed by atoms with Gasteiger partial charge in [-0.25, -0.2) is 4.39 Å². The van der Waals surface area contributed by atoms with E-state index in [1.807, 2.05) is 25.3 Å². The molecule has 0 atom stereocenters. The van der Waals surface area contributed by atoms with Crippen LogP contribution in [0.15, 0.2) is 67.3 Å². The first-order chi connectivity index (χ1) is 13.1. The Hall–Kier alpha value is -3.23. The molecule has 0 bridgehead atoms. The van der Waals surface area contributed by atoms with Gasteiger partial charge in [-0.3, -0.25) is 9.69 Å². The van der Waals surface area contributed by atoms with Gasteiger partial charge >= 0.3 is 0 Å². The van der Waals surface area contributed by atoms with Gasteiger partial charge in [-0.2, -0.15) is 5.26 Å². The Morgan fingerprint density at radius 1 is 1.26 bits per heavy atom. The van der Waals surface area contributed by atoms with E-state index in [0.29, 0.717) is 0 Å². The van der Waals surface area contributed by atoms with Gasteiger partial charge in [0.15, 0.2) is 17.3 Å². The molecule has 138 valence electrons. The summed E-state index contributed by atoms with van der Waals surface area (Å²) in [5, 5.41) is 9.11. The maximum atomic E-state index is 14.3. The normalized spacial score (nSPS) is 10.7. The van der Waals surface area contributed by atoms with Crippen molar-refractivity contribution in [2.75, 3.05) is 26.7 Å². The second-order valence-electron chi connectivity index (χ2n) is 5.92. The van der Waals surface area contributed by atoms with Gasteiger partial charge in [-0.05, 0) is 37.4 Å². The summed E-state index contributed by atoms with van der Waals surface area (Å²) in [7, 11) is 1.97. The van der Waals surface area contributed by atoms with Crippen molar-refractivity contribution in [3.05, 3.63) is 89.8 Å². The summed E-state index contributed by atoms with van der Waals surface area (Å²) in [5.74, 6) is -0.945. The molecular formula is C22H21FN2O2. The van der Waals surface area contributed by atoms with Gasteiger partial charge in [-0.1, -0.05) is 30.4 Å². The summed E-state index contributed by atoms with van der Waals surface area (Å²) in [6.45, 7) is 5.42. The minimum absolute atomic E-state index is 0.0733. The van der Waals surface area contributed by atoms with Crippen molar-refractivity contribution in [1.82, 2.24) is 4.90 Å². The number of nitriles is 1. The molecule has 0 spiro atoms. The number of hydrogen-bond acceptors (Lipinski definition) is 4. The van der Waals surface area contributed by atoms with Crippen LogP contribution in [-0.2, 0) is 0 Å². The average Bonchev–Trinajstić information content (AvgIpc) is 2.68. The van der Waals surface area contributed by atoms with Crippen LogP contribution in [-0.4, -0.2) is 37.4 Å². The number of hydrogen-bond donors (Lipinski definition) is 0. The topological polar surface area (TPSA) is 53.3 Å². The molecule has 0 aliphatic heterocycles. The van der Waals surface area contributed by atoms with E-state index in [9.17, 15) is 9.18 Å². The first-order valence-corrected chi connectivity index (χ1v) is 8.47. The van der Waals surface area contributed by atoms with Crippen LogP contribution in [0.3, 0.4) is 0 Å². The summed E-state index contributed by atoms with van der Waals surface area (Å²) in [4.78, 5) is 14.6. The van der Waals surface area contributed by atoms with Crippen molar-refractivity contribution in [2.45, 2.75) is 0 Å². The molecule has 2 aromatic carbocycles. The molecular weight excluding hydrogens is 343 g/mol. The van der Waals surface area contributed by atoms with Crippen LogP contribution < -0.4 is 4.74 Å². The van der Waals surface area contributed by atoms with Gasteiger partial charge in [0.1, 0.15) is 6.61 Å². The molecule has 0 aromatic heterocycles. The Kier molecular flexibility index (Phi) is 7.48. The fourth-order valence-electron chi connectivity index (χ4n) is 2.45. The smallest absolute Gasteiger partial charge is 0.194 e. The number of ether oxygens (including phenoxy) is 1. The van der Waals surface area contributed by atoms with Crippen LogP contribution in [0, 0.1) is 17.1 Å². The van der Waals surface area contributed by atoms with Gasteiger partial charge < -0.3 is 4.74 Å². The van der Waals surface area contributed by atoms with Crippen LogP contribution in [0.4, 0.5) is 4.39 Å². The average molecular weight is 364 g/mol. The fourth-order valence-corrected chi connectivity index (χ4v) is 2.45. The van der Waals surface area contributed by atoms with Gasteiger partial charge in [0.2, 0.25) is 0 Å². The minimum Gasteiger partial charge on any atom is -0.486 e. The molecule has 0 amide bonds. The van der Waals surface area contributed by atoms with Gasteiger partial charge in [0.25, 0.3) is 0 Å². The highest BCUT2D eigenvalue weighted by molar-refractivity contribution is 6.10. The van der Waals surface area contributed by atoms with E-state index in [4.69, 9.17) is 10.00 Å². The second-order valence-corrected chi connectivity index (χ2v) is 5.92. The molecule has 0 aliphatic carbocycles. The maximum Gasteiger partial charge on any atom is 0.194 e. The number of nitrogens with zero attached hydrogens (tertiary/aromatic N) is 2. The summed E-state index contributed by atoms with van der Waals surface area (Å²) in [6, 6.07) is 12.5. The first-order valence-electron chi connectivity index (χ1n) is 8.47. The number of halogens is 1. The van der Waals surface area contributed by atoms with Crippen LogP contribution in [0.2, 0.25) is 0 Å². The van der Waals surface area contributed by atoms with E-state index < -0.39 is 11.6 Å². The Labute approximate surface area is 158 Å². The number of ketones is 1. The van der Waals surface area contributed by atoms with Crippen molar-refractivity contribution >= 4 is 5.78 Å². The van der Waals surface area contributed by atoms with E-state index in [1.165, 1.54) is 12.1 Å². The highest BCUT2D eigenvalue weighted by atomic mass is 19.1. The van der Waals surface area contributed by atoms with Crippen LogP contribution >= 0.6 is 0 Å². The Morgan fingerprint density at radius 2 is 2.04 bits per heavy atom. The highest BCUT2D eigenvalue weighted by Gasteiger charge is 2.15. The third-order valence-electron chi connectivity index (χ3n) is 3.85. The Bertz CT molecular complexity index is 884. The molecule has 27 heavy (non-hydrogen) atoms. The highest BCUT2D eigenvalue weighted by Crippen LogP contribution is 2.21. The van der Waals surface area contributed by atoms with E-state index in [0.717, 1.165) is 19.2 Å². The fraction of sp³-hybridized carbons (Fsp3) is 0.182. The van der Waals surface area contributed by atoms with E-state index in [-0.39, 0.29) is 29.0 Å². The molecule has 4 nitrogen and oxygen atoms in total. The summed E-state index contributed by atoms with van der Waals surface area (Å²) < 4.78 is 19.7. The summed E-state index contributed by atoms with van der Waals surface area (Å²) in [5.41, 5.74) is 0.679. The van der Waals surface area contributed by atoms with E-state index in [2.05, 4.69) is 11.5 Å². The Morgan fingerprint density at radius 3 is 2.74 bits per heavy atom. The predicted octanol–water partition coefficient (Wildman–Crippen LogP) is 3.98. The molecule has 0 aliphatic rings. The van der Waals surface area contributed by atoms with Crippen molar-refractivity contribution in [3.63, 3.8) is 0 Å². The van der Waals surface area contributed by atoms with Crippen molar-refractivity contribution in [2.24, 2.45) is 0 Å². The summed E-state index contributed by atoms with van der Waals surface area (Å²) >= 11 is 0. The number of benzene rings is 2. The van der Waals surface area contributed by atoms with E-state index in [1.54, 1.807) is 30.3 Å². The lowest BCUT2D eigenvalue weighted by Crippen LogP contribution is -2.17. The van der Waals surface area contributed by atoms with Crippen molar-refractivity contribution in [3.8, 4) is 11.8 Å². The molecule has 0 heterocycles. The molecule has 0 saturated heterocycles. The summed E-state index contributed by atoms with van der Waals surface area (Å²) in [6.07, 6.45) is 5.55. The third-order valence-corrected chi connectivity index (χ3v) is 3.85. The number of carbonyl (C=O) groups is 1. The molecule has 0 radical (unpaired) electrons. The first kappa shape index (κ1) is 20.1. The lowest BCUT2D eigenvalue weighted by Gasteiger charge is -2.10. The molecule has 0 fully saturated rings. The number of carbonyl (C=O) groups excluding carboxylic acids is 1. The van der Waals surface area contributed by atoms with Gasteiger partial charge in [0, 0.05) is 24.2 Å². The number of likely N-dealkylation sites (N-methyl/N-ethyl adjacent to an activating group) is 1. The lowest BCUT2D eigenvalue weighted by molar-refractivity contribution is 0.103. The van der Waals surface area contributed by atoms with Crippen molar-refractivity contribution in [1.29, 1.82) is 5.26 Å². The quantitative estimate of drug-likeness (QED) is 0.499. The standard InChI is InChI=1S/C22H21FN2O2/c1-3-12-25(2)13-6-7-14-27-21-11-10-17(15-20(21)23)22(26)19-9-5-4-8-18(19)16-24/h3-11,15H,1,12-14H2,2H3/b7-6+. The maximum absolute atomic E-state index is 14.3. The predicted molar refractivity (Wildman–Crippen MR) is 103 cm³/mol. The molecule has 0 N–H and O–H groups in total. The molecule has 0 saturated carbocycles.